The van der Waals surface area contributed by atoms with E-state index in [-0.39, 0.29) is 12.1 Å². The van der Waals surface area contributed by atoms with Crippen molar-refractivity contribution >= 4 is 5.90 Å². The minimum atomic E-state index is -0.0567. The normalized spacial score (nSPS) is 22.0. The second-order valence-electron chi connectivity index (χ2n) is 3.72. The monoisotopic (exact) mass is 204 g/mol. The van der Waals surface area contributed by atoms with Crippen molar-refractivity contribution in [1.82, 2.24) is 0 Å². The van der Waals surface area contributed by atoms with Gasteiger partial charge in [-0.1, -0.05) is 37.3 Å². The fourth-order valence-electron chi connectivity index (χ4n) is 1.62. The second kappa shape index (κ2) is 4.45. The smallest absolute Gasteiger partial charge is 0.201 e. The molecule has 3 nitrogen and oxygen atoms in total. The van der Waals surface area contributed by atoms with E-state index in [9.17, 15) is 0 Å². The molecule has 0 aliphatic carbocycles. The number of benzene rings is 1. The lowest BCUT2D eigenvalue weighted by Crippen LogP contribution is -2.29. The predicted molar refractivity (Wildman–Crippen MR) is 60.8 cm³/mol. The summed E-state index contributed by atoms with van der Waals surface area (Å²) in [5, 5.41) is 0. The molecule has 0 aromatic heterocycles. The van der Waals surface area contributed by atoms with Gasteiger partial charge in [-0.15, -0.1) is 0 Å². The molecule has 0 saturated heterocycles. The Morgan fingerprint density at radius 3 is 2.87 bits per heavy atom. The van der Waals surface area contributed by atoms with Crippen LogP contribution in [0.2, 0.25) is 0 Å². The van der Waals surface area contributed by atoms with Crippen LogP contribution >= 0.6 is 0 Å². The SMILES string of the molecule is CCC(N)C1=NC(c2ccccc2)CO1. The maximum absolute atomic E-state index is 5.86. The van der Waals surface area contributed by atoms with Crippen LogP contribution in [0.25, 0.3) is 0 Å². The van der Waals surface area contributed by atoms with Gasteiger partial charge in [0.1, 0.15) is 12.6 Å². The summed E-state index contributed by atoms with van der Waals surface area (Å²) in [5.74, 6) is 0.700. The number of aliphatic imine (C=N–C) groups is 1. The lowest BCUT2D eigenvalue weighted by molar-refractivity contribution is 0.306. The zero-order valence-corrected chi connectivity index (χ0v) is 8.89. The van der Waals surface area contributed by atoms with Gasteiger partial charge in [-0.25, -0.2) is 4.99 Å². The van der Waals surface area contributed by atoms with E-state index in [2.05, 4.69) is 17.1 Å². The highest BCUT2D eigenvalue weighted by Gasteiger charge is 2.23. The van der Waals surface area contributed by atoms with Crippen molar-refractivity contribution in [2.75, 3.05) is 6.61 Å². The Hall–Kier alpha value is -1.35. The highest BCUT2D eigenvalue weighted by molar-refractivity contribution is 5.83. The van der Waals surface area contributed by atoms with E-state index in [0.29, 0.717) is 12.5 Å². The fourth-order valence-corrected chi connectivity index (χ4v) is 1.62. The van der Waals surface area contributed by atoms with Gasteiger partial charge in [0.25, 0.3) is 0 Å². The predicted octanol–water partition coefficient (Wildman–Crippen LogP) is 1.89. The molecule has 2 unspecified atom stereocenters. The Labute approximate surface area is 90.0 Å². The maximum Gasteiger partial charge on any atom is 0.201 e. The van der Waals surface area contributed by atoms with Crippen molar-refractivity contribution in [2.45, 2.75) is 25.4 Å². The quantitative estimate of drug-likeness (QED) is 0.817. The van der Waals surface area contributed by atoms with Gasteiger partial charge in [0.15, 0.2) is 0 Å². The lowest BCUT2D eigenvalue weighted by atomic mass is 10.1. The summed E-state index contributed by atoms with van der Waals surface area (Å²) >= 11 is 0. The fraction of sp³-hybridized carbons (Fsp3) is 0.417. The summed E-state index contributed by atoms with van der Waals surface area (Å²) in [6, 6.07) is 10.2. The van der Waals surface area contributed by atoms with E-state index in [1.54, 1.807) is 0 Å². The van der Waals surface area contributed by atoms with Crippen LogP contribution in [-0.4, -0.2) is 18.5 Å². The van der Waals surface area contributed by atoms with Crippen LogP contribution in [-0.2, 0) is 4.74 Å². The molecule has 1 aliphatic rings. The third-order valence-corrected chi connectivity index (χ3v) is 2.61. The average Bonchev–Trinajstić information content (AvgIpc) is 2.78. The third-order valence-electron chi connectivity index (χ3n) is 2.61. The number of hydrogen-bond acceptors (Lipinski definition) is 3. The van der Waals surface area contributed by atoms with Gasteiger partial charge in [0.05, 0.1) is 6.04 Å². The van der Waals surface area contributed by atoms with Crippen LogP contribution in [0.1, 0.15) is 24.9 Å². The molecule has 0 amide bonds. The van der Waals surface area contributed by atoms with Gasteiger partial charge in [-0.3, -0.25) is 0 Å². The minimum absolute atomic E-state index is 0.0567. The summed E-state index contributed by atoms with van der Waals surface area (Å²) in [5.41, 5.74) is 7.05. The molecule has 1 aliphatic heterocycles. The van der Waals surface area contributed by atoms with Crippen molar-refractivity contribution in [3.8, 4) is 0 Å². The van der Waals surface area contributed by atoms with Gasteiger partial charge in [-0.05, 0) is 12.0 Å². The highest BCUT2D eigenvalue weighted by Crippen LogP contribution is 2.23. The van der Waals surface area contributed by atoms with Gasteiger partial charge in [-0.2, -0.15) is 0 Å². The second-order valence-corrected chi connectivity index (χ2v) is 3.72. The zero-order chi connectivity index (χ0) is 10.7. The van der Waals surface area contributed by atoms with Crippen molar-refractivity contribution in [3.63, 3.8) is 0 Å². The number of rotatable bonds is 3. The first-order valence-corrected chi connectivity index (χ1v) is 5.32. The number of ether oxygens (including phenoxy) is 1. The zero-order valence-electron chi connectivity index (χ0n) is 8.89. The molecule has 1 heterocycles. The lowest BCUT2D eigenvalue weighted by Gasteiger charge is -2.06. The Bertz CT molecular complexity index is 348. The topological polar surface area (TPSA) is 47.6 Å². The van der Waals surface area contributed by atoms with E-state index in [0.717, 1.165) is 6.42 Å². The molecule has 0 bridgehead atoms. The minimum Gasteiger partial charge on any atom is -0.477 e. The Morgan fingerprint density at radius 1 is 1.47 bits per heavy atom. The van der Waals surface area contributed by atoms with Gasteiger partial charge in [0, 0.05) is 0 Å². The molecule has 0 spiro atoms. The molecular weight excluding hydrogens is 188 g/mol. The summed E-state index contributed by atoms with van der Waals surface area (Å²) in [4.78, 5) is 4.50. The maximum atomic E-state index is 5.86. The molecule has 0 fully saturated rings. The van der Waals surface area contributed by atoms with E-state index in [1.807, 2.05) is 25.1 Å². The van der Waals surface area contributed by atoms with Gasteiger partial charge < -0.3 is 10.5 Å². The molecule has 2 rings (SSSR count). The largest absolute Gasteiger partial charge is 0.477 e. The van der Waals surface area contributed by atoms with Gasteiger partial charge >= 0.3 is 0 Å². The van der Waals surface area contributed by atoms with E-state index in [4.69, 9.17) is 10.5 Å². The van der Waals surface area contributed by atoms with Crippen molar-refractivity contribution in [1.29, 1.82) is 0 Å². The first-order valence-electron chi connectivity index (χ1n) is 5.32. The Morgan fingerprint density at radius 2 is 2.20 bits per heavy atom. The molecular formula is C12H16N2O. The van der Waals surface area contributed by atoms with Crippen molar-refractivity contribution in [2.24, 2.45) is 10.7 Å². The molecule has 3 heteroatoms. The highest BCUT2D eigenvalue weighted by atomic mass is 16.5. The Balaban J connectivity index is 2.12. The summed E-state index contributed by atoms with van der Waals surface area (Å²) < 4.78 is 5.50. The molecule has 80 valence electrons. The summed E-state index contributed by atoms with van der Waals surface area (Å²) in [6.45, 7) is 2.65. The average molecular weight is 204 g/mol. The number of hydrogen-bond donors (Lipinski definition) is 1. The van der Waals surface area contributed by atoms with E-state index in [1.165, 1.54) is 5.56 Å². The van der Waals surface area contributed by atoms with E-state index < -0.39 is 0 Å². The van der Waals surface area contributed by atoms with Crippen LogP contribution < -0.4 is 5.73 Å². The van der Waals surface area contributed by atoms with Crippen LogP contribution in [0.15, 0.2) is 35.3 Å². The van der Waals surface area contributed by atoms with Crippen molar-refractivity contribution < 1.29 is 4.74 Å². The Kier molecular flexibility index (Phi) is 3.02. The molecule has 2 atom stereocenters. The molecule has 15 heavy (non-hydrogen) atoms. The third kappa shape index (κ3) is 2.18. The van der Waals surface area contributed by atoms with Crippen LogP contribution in [0, 0.1) is 0 Å². The summed E-state index contributed by atoms with van der Waals surface area (Å²) in [6.07, 6.45) is 0.861. The standard InChI is InChI=1S/C12H16N2O/c1-2-10(13)12-14-11(8-15-12)9-6-4-3-5-7-9/h3-7,10-11H,2,8,13H2,1H3. The molecule has 0 saturated carbocycles. The first kappa shape index (κ1) is 10.2. The molecule has 0 radical (unpaired) electrons. The number of nitrogens with two attached hydrogens (primary N) is 1. The molecule has 2 N–H and O–H groups in total. The first-order chi connectivity index (χ1) is 7.31. The van der Waals surface area contributed by atoms with E-state index >= 15 is 0 Å². The number of nitrogens with zero attached hydrogens (tertiary/aromatic N) is 1. The van der Waals surface area contributed by atoms with Crippen LogP contribution in [0.4, 0.5) is 0 Å². The summed E-state index contributed by atoms with van der Waals surface area (Å²) in [7, 11) is 0. The molecule has 1 aromatic carbocycles. The van der Waals surface area contributed by atoms with Crippen molar-refractivity contribution in [3.05, 3.63) is 35.9 Å². The van der Waals surface area contributed by atoms with Crippen LogP contribution in [0.3, 0.4) is 0 Å². The van der Waals surface area contributed by atoms with Crippen LogP contribution in [0.5, 0.6) is 0 Å². The molecule has 1 aromatic rings. The van der Waals surface area contributed by atoms with Gasteiger partial charge in [0.2, 0.25) is 5.90 Å².